The van der Waals surface area contributed by atoms with Crippen LogP contribution in [0, 0.1) is 0 Å². The number of nitrogens with zero attached hydrogens (tertiary/aromatic N) is 1. The van der Waals surface area contributed by atoms with Gasteiger partial charge in [-0.3, -0.25) is 0 Å². The molecule has 0 aromatic heterocycles. The predicted molar refractivity (Wildman–Crippen MR) is 92.4 cm³/mol. The maximum absolute atomic E-state index is 10.9. The monoisotopic (exact) mass is 400 g/mol. The minimum absolute atomic E-state index is 0. The Morgan fingerprint density at radius 2 is 1.05 bits per heavy atom. The number of piperazine rings is 2. The molecule has 0 atom stereocenters. The Bertz CT molecular complexity index is 444. The van der Waals surface area contributed by atoms with Crippen LogP contribution >= 0.6 is 21.4 Å². The Labute approximate surface area is 142 Å². The smallest absolute Gasteiger partial charge is 0.314 e. The van der Waals surface area contributed by atoms with Crippen molar-refractivity contribution >= 4 is 39.7 Å². The summed E-state index contributed by atoms with van der Waals surface area (Å²) in [5, 5.41) is 9.53. The van der Waals surface area contributed by atoms with Crippen molar-refractivity contribution in [3.05, 3.63) is 0 Å². The summed E-state index contributed by atoms with van der Waals surface area (Å²) in [6.45, 7) is 7.32. The minimum Gasteiger partial charge on any atom is -0.314 e. The van der Waals surface area contributed by atoms with E-state index < -0.39 is 18.3 Å². The summed E-state index contributed by atoms with van der Waals surface area (Å²) in [6.07, 6.45) is 1.25. The van der Waals surface area contributed by atoms with Gasteiger partial charge in [0.25, 0.3) is 0 Å². The van der Waals surface area contributed by atoms with Gasteiger partial charge >= 0.3 is 8.26 Å². The summed E-state index contributed by atoms with van der Waals surface area (Å²) < 4.78 is 41.6. The molecule has 2 fully saturated rings. The van der Waals surface area contributed by atoms with Crippen molar-refractivity contribution in [3.63, 3.8) is 0 Å². The second-order valence-electron chi connectivity index (χ2n) is 4.29. The van der Waals surface area contributed by atoms with Crippen LogP contribution in [0.15, 0.2) is 0 Å². The molecule has 0 aromatic rings. The van der Waals surface area contributed by atoms with Crippen molar-refractivity contribution in [2.45, 2.75) is 7.43 Å². The highest BCUT2D eigenvalue weighted by Gasteiger charge is 2.17. The summed E-state index contributed by atoms with van der Waals surface area (Å²) in [5.74, 6) is 0. The largest absolute Gasteiger partial charge is 0.317 e. The zero-order chi connectivity index (χ0) is 16.4. The van der Waals surface area contributed by atoms with E-state index in [0.717, 1.165) is 39.3 Å². The third-order valence-corrected chi connectivity index (χ3v) is 3.81. The molecular weight excluding hydrogens is 375 g/mol. The van der Waals surface area contributed by atoms with Crippen LogP contribution < -0.4 is 16.0 Å². The van der Waals surface area contributed by atoms with Gasteiger partial charge in [-0.15, -0.1) is 0 Å². The standard InChI is InChI=1S/C5H12N2O2S.C4H10N2.CH4.Cl2O2S/c1-10(8,9)7-4-2-6-3-5-7;1-2-6-4-3-5-1;;1-5(2,3)4/h6H,2-5H2,1H3;5-6H,1-4H2;1H4;. The molecule has 0 aromatic carbocycles. The van der Waals surface area contributed by atoms with Crippen LogP contribution in [0.5, 0.6) is 0 Å². The fourth-order valence-electron chi connectivity index (χ4n) is 1.58. The van der Waals surface area contributed by atoms with Crippen LogP contribution in [-0.4, -0.2) is 79.8 Å². The van der Waals surface area contributed by atoms with Gasteiger partial charge < -0.3 is 16.0 Å². The maximum Gasteiger partial charge on any atom is 0.317 e. The van der Waals surface area contributed by atoms with Crippen LogP contribution in [0.1, 0.15) is 7.43 Å². The lowest BCUT2D eigenvalue weighted by Crippen LogP contribution is -2.45. The Balaban J connectivity index is 0. The first-order valence-corrected chi connectivity index (χ1v) is 11.3. The van der Waals surface area contributed by atoms with Crippen molar-refractivity contribution in [2.75, 3.05) is 58.6 Å². The van der Waals surface area contributed by atoms with Gasteiger partial charge in [-0.1, -0.05) is 7.43 Å². The number of hydrogen-bond donors (Lipinski definition) is 3. The summed E-state index contributed by atoms with van der Waals surface area (Å²) >= 11 is 0. The number of sulfonamides is 1. The Morgan fingerprint density at radius 3 is 1.23 bits per heavy atom. The normalized spacial score (nSPS) is 19.6. The first-order valence-electron chi connectivity index (χ1n) is 6.32. The van der Waals surface area contributed by atoms with Crippen LogP contribution in [0.25, 0.3) is 0 Å². The molecular formula is C10H26Cl2N4O4S2. The van der Waals surface area contributed by atoms with Gasteiger partial charge in [0, 0.05) is 73.7 Å². The van der Waals surface area contributed by atoms with Crippen molar-refractivity contribution in [2.24, 2.45) is 0 Å². The van der Waals surface area contributed by atoms with E-state index in [0.29, 0.717) is 13.1 Å². The van der Waals surface area contributed by atoms with Crippen molar-refractivity contribution < 1.29 is 16.8 Å². The number of halogens is 2. The van der Waals surface area contributed by atoms with Gasteiger partial charge in [-0.2, -0.15) is 12.7 Å². The molecule has 0 radical (unpaired) electrons. The van der Waals surface area contributed by atoms with Crippen LogP contribution in [0.4, 0.5) is 0 Å². The molecule has 0 unspecified atom stereocenters. The number of hydrogen-bond acceptors (Lipinski definition) is 7. The molecule has 2 aliphatic rings. The van der Waals surface area contributed by atoms with E-state index in [9.17, 15) is 8.42 Å². The lowest BCUT2D eigenvalue weighted by Gasteiger charge is -2.24. The van der Waals surface area contributed by atoms with E-state index >= 15 is 0 Å². The third-order valence-electron chi connectivity index (χ3n) is 2.50. The highest BCUT2D eigenvalue weighted by molar-refractivity contribution is 8.31. The quantitative estimate of drug-likeness (QED) is 0.503. The summed E-state index contributed by atoms with van der Waals surface area (Å²) in [6, 6.07) is 0. The molecule has 0 saturated carbocycles. The summed E-state index contributed by atoms with van der Waals surface area (Å²) in [4.78, 5) is 0. The zero-order valence-corrected chi connectivity index (χ0v) is 15.0. The van der Waals surface area contributed by atoms with Gasteiger partial charge in [-0.05, 0) is 0 Å². The topological polar surface area (TPSA) is 108 Å². The van der Waals surface area contributed by atoms with Gasteiger partial charge in [0.05, 0.1) is 6.26 Å². The Hall–Kier alpha value is 0.320. The third kappa shape index (κ3) is 18.4. The fraction of sp³-hybridized carbons (Fsp3) is 1.00. The van der Waals surface area contributed by atoms with E-state index in [2.05, 4.69) is 37.3 Å². The highest BCUT2D eigenvalue weighted by Crippen LogP contribution is 1.98. The molecule has 0 bridgehead atoms. The summed E-state index contributed by atoms with van der Waals surface area (Å²) in [7, 11) is 1.88. The van der Waals surface area contributed by atoms with Crippen LogP contribution in [0.3, 0.4) is 0 Å². The van der Waals surface area contributed by atoms with E-state index in [1.807, 2.05) is 0 Å². The first-order chi connectivity index (χ1) is 9.61. The molecule has 0 spiro atoms. The molecule has 2 aliphatic heterocycles. The Morgan fingerprint density at radius 1 is 0.773 bits per heavy atom. The average Bonchev–Trinajstić information content (AvgIpc) is 2.40. The first kappa shape index (κ1) is 24.6. The SMILES string of the molecule is C.C1CNCCN1.CS(=O)(=O)N1CCNCC1.O=S(=O)(Cl)Cl. The lowest BCUT2D eigenvalue weighted by molar-refractivity contribution is 0.363. The van der Waals surface area contributed by atoms with Crippen LogP contribution in [-0.2, 0) is 18.3 Å². The molecule has 8 nitrogen and oxygen atoms in total. The Kier molecular flexibility index (Phi) is 14.2. The number of nitrogens with one attached hydrogen (secondary N) is 3. The highest BCUT2D eigenvalue weighted by atomic mass is 36.0. The summed E-state index contributed by atoms with van der Waals surface area (Å²) in [5.41, 5.74) is 0. The molecule has 12 heteroatoms. The molecule has 2 saturated heterocycles. The van der Waals surface area contributed by atoms with E-state index in [1.54, 1.807) is 0 Å². The van der Waals surface area contributed by atoms with Gasteiger partial charge in [0.2, 0.25) is 10.0 Å². The zero-order valence-electron chi connectivity index (χ0n) is 11.8. The van der Waals surface area contributed by atoms with Crippen molar-refractivity contribution in [3.8, 4) is 0 Å². The average molecular weight is 401 g/mol. The molecule has 136 valence electrons. The second-order valence-corrected chi connectivity index (χ2v) is 9.94. The lowest BCUT2D eigenvalue weighted by atomic mass is 10.4. The van der Waals surface area contributed by atoms with E-state index in [-0.39, 0.29) is 7.43 Å². The molecule has 0 aliphatic carbocycles. The number of rotatable bonds is 1. The molecule has 0 amide bonds. The van der Waals surface area contributed by atoms with Gasteiger partial charge in [-0.25, -0.2) is 8.42 Å². The van der Waals surface area contributed by atoms with Crippen molar-refractivity contribution in [1.29, 1.82) is 0 Å². The predicted octanol–water partition coefficient (Wildman–Crippen LogP) is -0.625. The fourth-order valence-corrected chi connectivity index (χ4v) is 2.43. The van der Waals surface area contributed by atoms with E-state index in [4.69, 9.17) is 8.42 Å². The molecule has 2 rings (SSSR count). The van der Waals surface area contributed by atoms with Gasteiger partial charge in [0.15, 0.2) is 0 Å². The van der Waals surface area contributed by atoms with Crippen molar-refractivity contribution in [1.82, 2.24) is 20.3 Å². The van der Waals surface area contributed by atoms with E-state index in [1.165, 1.54) is 10.6 Å². The van der Waals surface area contributed by atoms with Crippen LogP contribution in [0.2, 0.25) is 0 Å². The minimum atomic E-state index is -3.72. The molecule has 22 heavy (non-hydrogen) atoms. The second kappa shape index (κ2) is 12.7. The molecule has 3 N–H and O–H groups in total. The molecule has 2 heterocycles. The maximum atomic E-state index is 10.9. The van der Waals surface area contributed by atoms with Gasteiger partial charge in [0.1, 0.15) is 0 Å².